The fourth-order valence-electron chi connectivity index (χ4n) is 0.354. The van der Waals surface area contributed by atoms with E-state index in [2.05, 4.69) is 0 Å². The molecule has 0 aromatic rings. The summed E-state index contributed by atoms with van der Waals surface area (Å²) in [5.74, 6) is -1.30. The van der Waals surface area contributed by atoms with Crippen molar-refractivity contribution in [2.24, 2.45) is 0 Å². The number of carboxylic acids is 1. The third-order valence-corrected chi connectivity index (χ3v) is 0.848. The molecule has 0 aliphatic carbocycles. The Labute approximate surface area is 51.2 Å². The Bertz CT molecular complexity index is 97.8. The first-order chi connectivity index (χ1) is 4.22. The van der Waals surface area contributed by atoms with Crippen molar-refractivity contribution in [2.45, 2.75) is 12.5 Å². The van der Waals surface area contributed by atoms with E-state index in [1.165, 1.54) is 0 Å². The number of hydrogen-bond donors (Lipinski definition) is 3. The lowest BCUT2D eigenvalue weighted by atomic mass is 10.2. The molecule has 5 heteroatoms. The normalized spacial score (nSPS) is 13.1. The van der Waals surface area contributed by atoms with E-state index in [1.807, 2.05) is 0 Å². The van der Waals surface area contributed by atoms with Crippen LogP contribution in [-0.2, 0) is 4.79 Å². The Morgan fingerprint density at radius 3 is 2.44 bits per heavy atom. The van der Waals surface area contributed by atoms with Gasteiger partial charge in [0.15, 0.2) is 0 Å². The van der Waals surface area contributed by atoms with Crippen LogP contribution < -0.4 is 5.54 Å². The summed E-state index contributed by atoms with van der Waals surface area (Å²) in [4.78, 5) is 9.91. The number of halogens is 1. The first-order valence-corrected chi connectivity index (χ1v) is 2.42. The molecule has 9 heavy (non-hydrogen) atoms. The second-order valence-corrected chi connectivity index (χ2v) is 1.51. The van der Waals surface area contributed by atoms with Crippen molar-refractivity contribution in [3.05, 3.63) is 0 Å². The van der Waals surface area contributed by atoms with Crippen LogP contribution in [0, 0.1) is 0 Å². The van der Waals surface area contributed by atoms with Crippen LogP contribution in [0.2, 0.25) is 0 Å². The fourth-order valence-corrected chi connectivity index (χ4v) is 0.354. The molecule has 0 aliphatic heterocycles. The van der Waals surface area contributed by atoms with E-state index in [-0.39, 0.29) is 13.0 Å². The molecule has 1 atom stereocenters. The Kier molecular flexibility index (Phi) is 3.90. The summed E-state index contributed by atoms with van der Waals surface area (Å²) >= 11 is 0. The maximum absolute atomic E-state index is 11.4. The van der Waals surface area contributed by atoms with Gasteiger partial charge in [-0.2, -0.15) is 0 Å². The molecule has 0 bridgehead atoms. The van der Waals surface area contributed by atoms with Crippen LogP contribution in [0.4, 0.5) is 4.48 Å². The first kappa shape index (κ1) is 8.32. The Hall–Kier alpha value is -0.680. The second kappa shape index (κ2) is 4.22. The number of aliphatic hydroxyl groups is 1. The van der Waals surface area contributed by atoms with Gasteiger partial charge in [0.1, 0.15) is 6.04 Å². The van der Waals surface area contributed by atoms with Crippen LogP contribution >= 0.6 is 0 Å². The highest BCUT2D eigenvalue weighted by Crippen LogP contribution is 1.89. The van der Waals surface area contributed by atoms with Crippen LogP contribution in [0.15, 0.2) is 0 Å². The molecular formula is C4H8FNO3. The van der Waals surface area contributed by atoms with E-state index in [9.17, 15) is 9.28 Å². The predicted molar refractivity (Wildman–Crippen MR) is 27.4 cm³/mol. The zero-order chi connectivity index (χ0) is 7.28. The molecular weight excluding hydrogens is 129 g/mol. The highest BCUT2D eigenvalue weighted by Gasteiger charge is 2.14. The van der Waals surface area contributed by atoms with Crippen LogP contribution in [0.3, 0.4) is 0 Å². The van der Waals surface area contributed by atoms with E-state index in [0.29, 0.717) is 0 Å². The van der Waals surface area contributed by atoms with Crippen LogP contribution in [0.25, 0.3) is 0 Å². The lowest BCUT2D eigenvalue weighted by Gasteiger charge is -2.03. The number of carboxylic acid groups (broad SMARTS) is 1. The van der Waals surface area contributed by atoms with Crippen molar-refractivity contribution in [1.82, 2.24) is 5.54 Å². The zero-order valence-electron chi connectivity index (χ0n) is 4.67. The van der Waals surface area contributed by atoms with Crippen LogP contribution in [0.1, 0.15) is 6.42 Å². The minimum Gasteiger partial charge on any atom is -0.480 e. The van der Waals surface area contributed by atoms with E-state index in [4.69, 9.17) is 10.2 Å². The molecule has 0 aromatic heterocycles. The quantitative estimate of drug-likeness (QED) is 0.448. The molecule has 0 aliphatic rings. The van der Waals surface area contributed by atoms with Gasteiger partial charge in [-0.15, -0.1) is 10.0 Å². The van der Waals surface area contributed by atoms with E-state index in [0.717, 1.165) is 5.54 Å². The molecule has 0 rings (SSSR count). The topological polar surface area (TPSA) is 69.6 Å². The van der Waals surface area contributed by atoms with Crippen molar-refractivity contribution in [3.8, 4) is 0 Å². The Balaban J connectivity index is 3.54. The highest BCUT2D eigenvalue weighted by atomic mass is 19.2. The second-order valence-electron chi connectivity index (χ2n) is 1.51. The Morgan fingerprint density at radius 2 is 2.33 bits per heavy atom. The monoisotopic (exact) mass is 137 g/mol. The number of rotatable bonds is 4. The molecule has 0 spiro atoms. The molecule has 0 aromatic carbocycles. The lowest BCUT2D eigenvalue weighted by Crippen LogP contribution is -2.31. The third-order valence-electron chi connectivity index (χ3n) is 0.848. The summed E-state index contributed by atoms with van der Waals surface area (Å²) < 4.78 is 11.4. The molecule has 0 heterocycles. The maximum atomic E-state index is 11.4. The van der Waals surface area contributed by atoms with Gasteiger partial charge in [0.25, 0.3) is 0 Å². The minimum atomic E-state index is -1.30. The Morgan fingerprint density at radius 1 is 1.78 bits per heavy atom. The first-order valence-electron chi connectivity index (χ1n) is 2.42. The standard InChI is InChI=1S/C4H8FNO3/c5-6-3(1-2-7)4(8)9/h3,6-7H,1-2H2,(H,8,9)/t3-/m0/s1. The smallest absolute Gasteiger partial charge is 0.323 e. The van der Waals surface area contributed by atoms with E-state index in [1.54, 1.807) is 0 Å². The predicted octanol–water partition coefficient (Wildman–Crippen LogP) is -0.704. The lowest BCUT2D eigenvalue weighted by molar-refractivity contribution is -0.141. The number of aliphatic hydroxyl groups excluding tert-OH is 1. The molecule has 0 saturated heterocycles. The van der Waals surface area contributed by atoms with Gasteiger partial charge in [-0.25, -0.2) is 0 Å². The average molecular weight is 137 g/mol. The molecule has 0 unspecified atom stereocenters. The molecule has 54 valence electrons. The molecule has 4 nitrogen and oxygen atoms in total. The van der Waals surface area contributed by atoms with Gasteiger partial charge in [-0.1, -0.05) is 0 Å². The molecule has 3 N–H and O–H groups in total. The van der Waals surface area contributed by atoms with E-state index < -0.39 is 12.0 Å². The molecule has 0 fully saturated rings. The van der Waals surface area contributed by atoms with Gasteiger partial charge >= 0.3 is 5.97 Å². The van der Waals surface area contributed by atoms with Crippen molar-refractivity contribution < 1.29 is 19.5 Å². The summed E-state index contributed by atoms with van der Waals surface area (Å²) in [6.07, 6.45) is -0.119. The molecule has 0 amide bonds. The fraction of sp³-hybridized carbons (Fsp3) is 0.750. The van der Waals surface area contributed by atoms with Crippen molar-refractivity contribution in [3.63, 3.8) is 0 Å². The third kappa shape index (κ3) is 2.99. The number of nitrogens with one attached hydrogen (secondary N) is 1. The molecule has 0 radical (unpaired) electrons. The van der Waals surface area contributed by atoms with Crippen LogP contribution in [-0.4, -0.2) is 28.8 Å². The maximum Gasteiger partial charge on any atom is 0.323 e. The van der Waals surface area contributed by atoms with Gasteiger partial charge < -0.3 is 10.2 Å². The van der Waals surface area contributed by atoms with Gasteiger partial charge in [-0.3, -0.25) is 4.79 Å². The number of aliphatic carboxylic acids is 1. The summed E-state index contributed by atoms with van der Waals surface area (Å²) in [5, 5.41) is 16.2. The van der Waals surface area contributed by atoms with Gasteiger partial charge in [0, 0.05) is 6.61 Å². The molecule has 0 saturated carbocycles. The number of hydrogen-bond acceptors (Lipinski definition) is 3. The van der Waals surface area contributed by atoms with E-state index >= 15 is 0 Å². The number of carbonyl (C=O) groups is 1. The minimum absolute atomic E-state index is 0.119. The SMILES string of the molecule is O=C(O)[C@H](CCO)NF. The largest absolute Gasteiger partial charge is 0.480 e. The summed E-state index contributed by atoms with van der Waals surface area (Å²) in [7, 11) is 0. The summed E-state index contributed by atoms with van der Waals surface area (Å²) in [6.45, 7) is -0.339. The van der Waals surface area contributed by atoms with Crippen LogP contribution in [0.5, 0.6) is 0 Å². The van der Waals surface area contributed by atoms with Gasteiger partial charge in [0.05, 0.1) is 0 Å². The highest BCUT2D eigenvalue weighted by molar-refractivity contribution is 5.73. The average Bonchev–Trinajstić information content (AvgIpc) is 1.82. The van der Waals surface area contributed by atoms with Gasteiger partial charge in [-0.05, 0) is 6.42 Å². The zero-order valence-corrected chi connectivity index (χ0v) is 4.67. The summed E-state index contributed by atoms with van der Waals surface area (Å²) in [5.41, 5.74) is 1.04. The van der Waals surface area contributed by atoms with Crippen molar-refractivity contribution in [1.29, 1.82) is 0 Å². The summed E-state index contributed by atoms with van der Waals surface area (Å²) in [6, 6.07) is -1.28. The van der Waals surface area contributed by atoms with Crippen molar-refractivity contribution in [2.75, 3.05) is 6.61 Å². The van der Waals surface area contributed by atoms with Crippen molar-refractivity contribution >= 4 is 5.97 Å². The van der Waals surface area contributed by atoms with Gasteiger partial charge in [0.2, 0.25) is 0 Å².